The summed E-state index contributed by atoms with van der Waals surface area (Å²) in [4.78, 5) is 33.0. The predicted octanol–water partition coefficient (Wildman–Crippen LogP) is 2.00. The van der Waals surface area contributed by atoms with Gasteiger partial charge in [0.1, 0.15) is 6.54 Å². The zero-order valence-electron chi connectivity index (χ0n) is 12.5. The summed E-state index contributed by atoms with van der Waals surface area (Å²) < 4.78 is 0. The quantitative estimate of drug-likeness (QED) is 0.913. The summed E-state index contributed by atoms with van der Waals surface area (Å²) in [6.07, 6.45) is 1.46. The van der Waals surface area contributed by atoms with Crippen molar-refractivity contribution in [1.29, 1.82) is 0 Å². The molecular weight excluding hydrogens is 282 g/mol. The number of benzene rings is 1. The maximum absolute atomic E-state index is 12.4. The van der Waals surface area contributed by atoms with Gasteiger partial charge in [-0.05, 0) is 13.8 Å². The molecule has 1 heterocycles. The zero-order chi connectivity index (χ0) is 16.1. The Balaban J connectivity index is 2.30. The number of rotatable bonds is 5. The molecule has 0 aliphatic carbocycles. The Morgan fingerprint density at radius 3 is 2.45 bits per heavy atom. The summed E-state index contributed by atoms with van der Waals surface area (Å²) in [6, 6.07) is 9.45. The van der Waals surface area contributed by atoms with Crippen molar-refractivity contribution in [3.05, 3.63) is 47.8 Å². The lowest BCUT2D eigenvalue weighted by molar-refractivity contribution is -0.137. The van der Waals surface area contributed by atoms with Crippen molar-refractivity contribution >= 4 is 11.9 Å². The highest BCUT2D eigenvalue weighted by molar-refractivity contribution is 5.96. The lowest BCUT2D eigenvalue weighted by Crippen LogP contribution is -2.36. The van der Waals surface area contributed by atoms with Crippen LogP contribution < -0.4 is 0 Å². The van der Waals surface area contributed by atoms with E-state index < -0.39 is 5.97 Å². The van der Waals surface area contributed by atoms with Crippen molar-refractivity contribution in [2.45, 2.75) is 13.8 Å². The Kier molecular flexibility index (Phi) is 4.83. The van der Waals surface area contributed by atoms with Gasteiger partial charge in [-0.2, -0.15) is 0 Å². The topological polar surface area (TPSA) is 83.4 Å². The minimum Gasteiger partial charge on any atom is -0.480 e. The second-order valence-electron chi connectivity index (χ2n) is 4.77. The number of carbonyl (C=O) groups is 2. The van der Waals surface area contributed by atoms with Crippen LogP contribution in [0.25, 0.3) is 11.4 Å². The number of aryl methyl sites for hydroxylation is 1. The minimum atomic E-state index is -1.05. The second-order valence-corrected chi connectivity index (χ2v) is 4.77. The Morgan fingerprint density at radius 1 is 1.23 bits per heavy atom. The first kappa shape index (κ1) is 15.6. The van der Waals surface area contributed by atoms with Gasteiger partial charge in [-0.25, -0.2) is 9.97 Å². The lowest BCUT2D eigenvalue weighted by atomic mass is 10.1. The maximum atomic E-state index is 12.4. The third-order valence-corrected chi connectivity index (χ3v) is 3.24. The maximum Gasteiger partial charge on any atom is 0.323 e. The molecule has 0 aliphatic rings. The normalized spacial score (nSPS) is 10.3. The number of carboxylic acids is 1. The van der Waals surface area contributed by atoms with Gasteiger partial charge in [0, 0.05) is 18.3 Å². The third kappa shape index (κ3) is 3.46. The van der Waals surface area contributed by atoms with Crippen molar-refractivity contribution in [3.8, 4) is 11.4 Å². The average Bonchev–Trinajstić information content (AvgIpc) is 2.52. The molecule has 1 N–H and O–H groups in total. The first-order chi connectivity index (χ1) is 10.5. The van der Waals surface area contributed by atoms with Gasteiger partial charge in [0.25, 0.3) is 5.91 Å². The number of hydrogen-bond acceptors (Lipinski definition) is 4. The molecule has 2 rings (SSSR count). The summed E-state index contributed by atoms with van der Waals surface area (Å²) in [5.41, 5.74) is 1.72. The molecule has 0 aliphatic heterocycles. The Morgan fingerprint density at radius 2 is 1.91 bits per heavy atom. The van der Waals surface area contributed by atoms with E-state index in [0.29, 0.717) is 23.6 Å². The van der Waals surface area contributed by atoms with Crippen molar-refractivity contribution in [2.24, 2.45) is 0 Å². The van der Waals surface area contributed by atoms with Gasteiger partial charge >= 0.3 is 5.97 Å². The van der Waals surface area contributed by atoms with Gasteiger partial charge in [0.2, 0.25) is 0 Å². The molecule has 1 aromatic heterocycles. The van der Waals surface area contributed by atoms with E-state index in [9.17, 15) is 9.59 Å². The molecule has 2 aromatic rings. The summed E-state index contributed by atoms with van der Waals surface area (Å²) in [7, 11) is 0. The van der Waals surface area contributed by atoms with Gasteiger partial charge in [0.05, 0.1) is 11.3 Å². The van der Waals surface area contributed by atoms with Crippen LogP contribution in [0.4, 0.5) is 0 Å². The van der Waals surface area contributed by atoms with E-state index in [1.807, 2.05) is 30.3 Å². The van der Waals surface area contributed by atoms with Crippen LogP contribution in [0.1, 0.15) is 23.0 Å². The first-order valence-corrected chi connectivity index (χ1v) is 6.93. The molecule has 22 heavy (non-hydrogen) atoms. The lowest BCUT2D eigenvalue weighted by Gasteiger charge is -2.19. The summed E-state index contributed by atoms with van der Waals surface area (Å²) in [5.74, 6) is -0.882. The van der Waals surface area contributed by atoms with Crippen molar-refractivity contribution in [1.82, 2.24) is 14.9 Å². The summed E-state index contributed by atoms with van der Waals surface area (Å²) in [6.45, 7) is 3.42. The van der Waals surface area contributed by atoms with Crippen LogP contribution in [0.3, 0.4) is 0 Å². The molecule has 6 nitrogen and oxygen atoms in total. The van der Waals surface area contributed by atoms with Gasteiger partial charge in [-0.15, -0.1) is 0 Å². The molecule has 0 fully saturated rings. The first-order valence-electron chi connectivity index (χ1n) is 6.93. The van der Waals surface area contributed by atoms with Crippen LogP contribution in [-0.4, -0.2) is 44.9 Å². The summed E-state index contributed by atoms with van der Waals surface area (Å²) in [5, 5.41) is 8.85. The highest BCUT2D eigenvalue weighted by atomic mass is 16.4. The van der Waals surface area contributed by atoms with Gasteiger partial charge < -0.3 is 10.0 Å². The van der Waals surface area contributed by atoms with E-state index in [1.54, 1.807) is 13.8 Å². The number of likely N-dealkylation sites (N-methyl/N-ethyl adjacent to an activating group) is 1. The van der Waals surface area contributed by atoms with Crippen LogP contribution in [0, 0.1) is 6.92 Å². The number of amides is 1. The Bertz CT molecular complexity index is 686. The Labute approximate surface area is 128 Å². The smallest absolute Gasteiger partial charge is 0.323 e. The molecule has 0 radical (unpaired) electrons. The van der Waals surface area contributed by atoms with Crippen LogP contribution >= 0.6 is 0 Å². The standard InChI is InChI=1S/C16H17N3O3/c1-3-19(10-14(20)21)16(22)13-9-17-15(18-11(13)2)12-7-5-4-6-8-12/h4-9H,3,10H2,1-2H3,(H,20,21). The number of hydrogen-bond donors (Lipinski definition) is 1. The van der Waals surface area contributed by atoms with Gasteiger partial charge in [-0.3, -0.25) is 9.59 Å². The van der Waals surface area contributed by atoms with E-state index in [2.05, 4.69) is 9.97 Å². The van der Waals surface area contributed by atoms with Crippen molar-refractivity contribution in [3.63, 3.8) is 0 Å². The fraction of sp³-hybridized carbons (Fsp3) is 0.250. The largest absolute Gasteiger partial charge is 0.480 e. The molecule has 0 spiro atoms. The molecule has 0 saturated heterocycles. The van der Waals surface area contributed by atoms with Crippen molar-refractivity contribution in [2.75, 3.05) is 13.1 Å². The fourth-order valence-electron chi connectivity index (χ4n) is 2.06. The SMILES string of the molecule is CCN(CC(=O)O)C(=O)c1cnc(-c2ccccc2)nc1C. The monoisotopic (exact) mass is 299 g/mol. The number of nitrogens with zero attached hydrogens (tertiary/aromatic N) is 3. The summed E-state index contributed by atoms with van der Waals surface area (Å²) >= 11 is 0. The highest BCUT2D eigenvalue weighted by Gasteiger charge is 2.20. The number of aromatic nitrogens is 2. The molecule has 0 bridgehead atoms. The van der Waals surface area contributed by atoms with Gasteiger partial charge in [-0.1, -0.05) is 30.3 Å². The van der Waals surface area contributed by atoms with Crippen LogP contribution in [0.15, 0.2) is 36.5 Å². The molecule has 0 atom stereocenters. The van der Waals surface area contributed by atoms with E-state index in [-0.39, 0.29) is 12.5 Å². The molecule has 0 unspecified atom stereocenters. The Hall–Kier alpha value is -2.76. The zero-order valence-corrected chi connectivity index (χ0v) is 12.5. The van der Waals surface area contributed by atoms with E-state index in [4.69, 9.17) is 5.11 Å². The average molecular weight is 299 g/mol. The molecule has 1 aromatic carbocycles. The predicted molar refractivity (Wildman–Crippen MR) is 81.4 cm³/mol. The van der Waals surface area contributed by atoms with E-state index >= 15 is 0 Å². The number of carbonyl (C=O) groups excluding carboxylic acids is 1. The molecule has 114 valence electrons. The minimum absolute atomic E-state index is 0.311. The van der Waals surface area contributed by atoms with Crippen LogP contribution in [-0.2, 0) is 4.79 Å². The molecule has 1 amide bonds. The van der Waals surface area contributed by atoms with Crippen LogP contribution in [0.2, 0.25) is 0 Å². The highest BCUT2D eigenvalue weighted by Crippen LogP contribution is 2.16. The number of carboxylic acid groups (broad SMARTS) is 1. The fourth-order valence-corrected chi connectivity index (χ4v) is 2.06. The molecular formula is C16H17N3O3. The molecule has 6 heteroatoms. The molecule has 0 saturated carbocycles. The van der Waals surface area contributed by atoms with Crippen molar-refractivity contribution < 1.29 is 14.7 Å². The third-order valence-electron chi connectivity index (χ3n) is 3.24. The number of aliphatic carboxylic acids is 1. The van der Waals surface area contributed by atoms with Crippen LogP contribution in [0.5, 0.6) is 0 Å². The van der Waals surface area contributed by atoms with Gasteiger partial charge in [0.15, 0.2) is 5.82 Å². The second kappa shape index (κ2) is 6.80. The van der Waals surface area contributed by atoms with E-state index in [1.165, 1.54) is 11.1 Å². The van der Waals surface area contributed by atoms with E-state index in [0.717, 1.165) is 5.56 Å².